The smallest absolute Gasteiger partial charge is 0.315 e. The van der Waals surface area contributed by atoms with Gasteiger partial charge in [-0.05, 0) is 13.0 Å². The molecular weight excluding hydrogens is 278 g/mol. The summed E-state index contributed by atoms with van der Waals surface area (Å²) in [5.74, 6) is -3.50. The van der Waals surface area contributed by atoms with Gasteiger partial charge < -0.3 is 4.52 Å². The van der Waals surface area contributed by atoms with Gasteiger partial charge in [0, 0.05) is 0 Å². The molecule has 1 N–H and O–H groups in total. The van der Waals surface area contributed by atoms with Gasteiger partial charge in [-0.2, -0.15) is 9.37 Å². The Hall–Kier alpha value is -2.91. The number of amides is 1. The fourth-order valence-electron chi connectivity index (χ4n) is 1.39. The molecule has 2 rings (SSSR count). The van der Waals surface area contributed by atoms with Crippen LogP contribution in [0.1, 0.15) is 16.2 Å². The maximum atomic E-state index is 13.7. The standard InChI is InChI=1S/C10H6F2N4O4/c1-4-13-10(20-15-4)14-9(17)6-2-5(11)3-7(8(6)12)16(18)19/h2-3H,1H3,(H,13,14,15,17). The number of hydrogen-bond acceptors (Lipinski definition) is 6. The fraction of sp³-hybridized carbons (Fsp3) is 0.100. The molecule has 10 heteroatoms. The third kappa shape index (κ3) is 2.58. The van der Waals surface area contributed by atoms with Gasteiger partial charge >= 0.3 is 11.7 Å². The Kier molecular flexibility index (Phi) is 3.37. The van der Waals surface area contributed by atoms with Crippen molar-refractivity contribution in [3.8, 4) is 0 Å². The molecular formula is C10H6F2N4O4. The molecule has 0 radical (unpaired) electrons. The van der Waals surface area contributed by atoms with Gasteiger partial charge in [0.15, 0.2) is 5.82 Å². The first-order valence-electron chi connectivity index (χ1n) is 5.13. The molecule has 20 heavy (non-hydrogen) atoms. The third-order valence-electron chi connectivity index (χ3n) is 2.21. The molecule has 0 fully saturated rings. The number of nitrogens with zero attached hydrogens (tertiary/aromatic N) is 3. The molecule has 104 valence electrons. The topological polar surface area (TPSA) is 111 Å². The third-order valence-corrected chi connectivity index (χ3v) is 2.21. The molecule has 1 amide bonds. The molecule has 0 bridgehead atoms. The van der Waals surface area contributed by atoms with Crippen molar-refractivity contribution in [1.29, 1.82) is 0 Å². The Labute approximate surface area is 109 Å². The predicted octanol–water partition coefficient (Wildman–Crippen LogP) is 1.82. The Morgan fingerprint density at radius 3 is 2.70 bits per heavy atom. The van der Waals surface area contributed by atoms with Crippen LogP contribution in [0.5, 0.6) is 0 Å². The minimum absolute atomic E-state index is 0.214. The second-order valence-corrected chi connectivity index (χ2v) is 3.64. The quantitative estimate of drug-likeness (QED) is 0.679. The number of aryl methyl sites for hydroxylation is 1. The van der Waals surface area contributed by atoms with Gasteiger partial charge in [-0.3, -0.25) is 20.2 Å². The molecule has 1 aromatic heterocycles. The lowest BCUT2D eigenvalue weighted by Gasteiger charge is -2.03. The highest BCUT2D eigenvalue weighted by atomic mass is 19.1. The summed E-state index contributed by atoms with van der Waals surface area (Å²) in [5, 5.41) is 15.9. The zero-order valence-corrected chi connectivity index (χ0v) is 9.89. The van der Waals surface area contributed by atoms with Crippen molar-refractivity contribution in [1.82, 2.24) is 10.1 Å². The van der Waals surface area contributed by atoms with Crippen LogP contribution in [-0.4, -0.2) is 21.0 Å². The van der Waals surface area contributed by atoms with Crippen LogP contribution in [0.15, 0.2) is 16.7 Å². The molecule has 0 aliphatic heterocycles. The first-order valence-corrected chi connectivity index (χ1v) is 5.13. The van der Waals surface area contributed by atoms with Crippen molar-refractivity contribution < 1.29 is 23.0 Å². The molecule has 0 atom stereocenters. The van der Waals surface area contributed by atoms with E-state index in [-0.39, 0.29) is 11.8 Å². The molecule has 0 saturated heterocycles. The maximum absolute atomic E-state index is 13.7. The Balaban J connectivity index is 2.37. The van der Waals surface area contributed by atoms with Crippen LogP contribution in [-0.2, 0) is 0 Å². The number of rotatable bonds is 3. The van der Waals surface area contributed by atoms with Gasteiger partial charge in [-0.25, -0.2) is 4.39 Å². The number of benzene rings is 1. The minimum atomic E-state index is -1.45. The van der Waals surface area contributed by atoms with Gasteiger partial charge in [0.25, 0.3) is 5.91 Å². The van der Waals surface area contributed by atoms with Crippen molar-refractivity contribution in [2.45, 2.75) is 6.92 Å². The number of nitro benzene ring substituents is 1. The number of aromatic nitrogens is 2. The largest absolute Gasteiger partial charge is 0.328 e. The van der Waals surface area contributed by atoms with Crippen LogP contribution in [0, 0.1) is 28.7 Å². The molecule has 0 unspecified atom stereocenters. The number of carbonyl (C=O) groups excluding carboxylic acids is 1. The van der Waals surface area contributed by atoms with E-state index in [2.05, 4.69) is 14.7 Å². The van der Waals surface area contributed by atoms with Crippen molar-refractivity contribution in [3.05, 3.63) is 45.3 Å². The molecule has 0 aliphatic carbocycles. The van der Waals surface area contributed by atoms with Crippen molar-refractivity contribution in [3.63, 3.8) is 0 Å². The Morgan fingerprint density at radius 2 is 2.15 bits per heavy atom. The first kappa shape index (κ1) is 13.5. The van der Waals surface area contributed by atoms with Crippen molar-refractivity contribution >= 4 is 17.6 Å². The number of hydrogen-bond donors (Lipinski definition) is 1. The summed E-state index contributed by atoms with van der Waals surface area (Å²) in [4.78, 5) is 24.7. The number of carbonyl (C=O) groups is 1. The lowest BCUT2D eigenvalue weighted by molar-refractivity contribution is -0.387. The van der Waals surface area contributed by atoms with E-state index >= 15 is 0 Å². The summed E-state index contributed by atoms with van der Waals surface area (Å²) in [5.41, 5.74) is -1.98. The van der Waals surface area contributed by atoms with Gasteiger partial charge in [-0.15, -0.1) is 0 Å². The van der Waals surface area contributed by atoms with Crippen LogP contribution in [0.25, 0.3) is 0 Å². The van der Waals surface area contributed by atoms with Gasteiger partial charge in [0.05, 0.1) is 16.6 Å². The summed E-state index contributed by atoms with van der Waals surface area (Å²) < 4.78 is 31.5. The van der Waals surface area contributed by atoms with E-state index in [0.29, 0.717) is 12.1 Å². The van der Waals surface area contributed by atoms with Gasteiger partial charge in [-0.1, -0.05) is 5.16 Å². The van der Waals surface area contributed by atoms with Gasteiger partial charge in [0.2, 0.25) is 5.82 Å². The highest BCUT2D eigenvalue weighted by Crippen LogP contribution is 2.23. The average Bonchev–Trinajstić information content (AvgIpc) is 2.76. The molecule has 1 aromatic carbocycles. The Morgan fingerprint density at radius 1 is 1.45 bits per heavy atom. The first-order chi connectivity index (χ1) is 9.38. The minimum Gasteiger partial charge on any atom is -0.315 e. The highest BCUT2D eigenvalue weighted by molar-refractivity contribution is 6.03. The number of nitrogens with one attached hydrogen (secondary N) is 1. The van der Waals surface area contributed by atoms with E-state index in [1.165, 1.54) is 6.92 Å². The average molecular weight is 284 g/mol. The van der Waals surface area contributed by atoms with Crippen molar-refractivity contribution in [2.24, 2.45) is 0 Å². The number of nitro groups is 1. The molecule has 2 aromatic rings. The van der Waals surface area contributed by atoms with E-state index in [0.717, 1.165) is 0 Å². The van der Waals surface area contributed by atoms with E-state index in [9.17, 15) is 23.7 Å². The van der Waals surface area contributed by atoms with Crippen LogP contribution in [0.2, 0.25) is 0 Å². The number of anilines is 1. The van der Waals surface area contributed by atoms with Crippen LogP contribution in [0.4, 0.5) is 20.5 Å². The molecule has 0 spiro atoms. The Bertz CT molecular complexity index is 701. The normalized spacial score (nSPS) is 10.3. The zero-order valence-electron chi connectivity index (χ0n) is 9.89. The molecule has 0 aliphatic rings. The summed E-state index contributed by atoms with van der Waals surface area (Å²) >= 11 is 0. The summed E-state index contributed by atoms with van der Waals surface area (Å²) in [6.45, 7) is 1.48. The van der Waals surface area contributed by atoms with E-state index < -0.39 is 33.7 Å². The molecule has 1 heterocycles. The predicted molar refractivity (Wildman–Crippen MR) is 60.0 cm³/mol. The summed E-state index contributed by atoms with van der Waals surface area (Å²) in [7, 11) is 0. The van der Waals surface area contributed by atoms with E-state index in [4.69, 9.17) is 0 Å². The fourth-order valence-corrected chi connectivity index (χ4v) is 1.39. The van der Waals surface area contributed by atoms with Crippen LogP contribution >= 0.6 is 0 Å². The van der Waals surface area contributed by atoms with Crippen LogP contribution < -0.4 is 5.32 Å². The second kappa shape index (κ2) is 4.99. The van der Waals surface area contributed by atoms with E-state index in [1.54, 1.807) is 0 Å². The molecule has 8 nitrogen and oxygen atoms in total. The monoisotopic (exact) mass is 284 g/mol. The number of halogens is 2. The lowest BCUT2D eigenvalue weighted by Crippen LogP contribution is -2.15. The summed E-state index contributed by atoms with van der Waals surface area (Å²) in [6, 6.07) is 0.572. The zero-order chi connectivity index (χ0) is 14.9. The summed E-state index contributed by atoms with van der Waals surface area (Å²) in [6.07, 6.45) is 0. The maximum Gasteiger partial charge on any atom is 0.328 e. The highest BCUT2D eigenvalue weighted by Gasteiger charge is 2.25. The van der Waals surface area contributed by atoms with Crippen molar-refractivity contribution in [2.75, 3.05) is 5.32 Å². The SMILES string of the molecule is Cc1noc(NC(=O)c2cc(F)cc([N+](=O)[O-])c2F)n1. The van der Waals surface area contributed by atoms with Gasteiger partial charge in [0.1, 0.15) is 5.82 Å². The molecule has 0 saturated carbocycles. The van der Waals surface area contributed by atoms with Crippen LogP contribution in [0.3, 0.4) is 0 Å². The second-order valence-electron chi connectivity index (χ2n) is 3.64. The van der Waals surface area contributed by atoms with E-state index in [1.807, 2.05) is 5.32 Å². The lowest BCUT2D eigenvalue weighted by atomic mass is 10.1.